The zero-order valence-electron chi connectivity index (χ0n) is 11.5. The molecule has 1 N–H and O–H groups in total. The summed E-state index contributed by atoms with van der Waals surface area (Å²) in [5.41, 5.74) is 2.45. The third kappa shape index (κ3) is 3.33. The first-order chi connectivity index (χ1) is 8.46. The number of nitrogens with zero attached hydrogens (tertiary/aromatic N) is 1. The second kappa shape index (κ2) is 5.11. The summed E-state index contributed by atoms with van der Waals surface area (Å²) in [6.45, 7) is 8.62. The molecule has 0 saturated carbocycles. The van der Waals surface area contributed by atoms with E-state index in [0.29, 0.717) is 13.0 Å². The van der Waals surface area contributed by atoms with Crippen LogP contribution in [0.15, 0.2) is 24.3 Å². The average molecular weight is 246 g/mol. The summed E-state index contributed by atoms with van der Waals surface area (Å²) in [4.78, 5) is 14.0. The minimum atomic E-state index is -0.00312. The van der Waals surface area contributed by atoms with E-state index in [-0.39, 0.29) is 11.4 Å². The van der Waals surface area contributed by atoms with Crippen LogP contribution in [0.5, 0.6) is 0 Å². The average Bonchev–Trinajstić information content (AvgIpc) is 2.42. The molecule has 3 nitrogen and oxygen atoms in total. The summed E-state index contributed by atoms with van der Waals surface area (Å²) in [7, 11) is 0. The van der Waals surface area contributed by atoms with Gasteiger partial charge in [-0.1, -0.05) is 29.8 Å². The summed E-state index contributed by atoms with van der Waals surface area (Å²) in [5.74, 6) is 0.244. The van der Waals surface area contributed by atoms with Gasteiger partial charge in [0.25, 0.3) is 0 Å². The van der Waals surface area contributed by atoms with Gasteiger partial charge in [-0.2, -0.15) is 0 Å². The number of nitrogens with one attached hydrogen (secondary N) is 1. The Labute approximate surface area is 109 Å². The SMILES string of the molecule is Cc1ccc(CN2CC(C)(C)NCCC2=O)cc1. The number of carbonyl (C=O) groups is 1. The first-order valence-electron chi connectivity index (χ1n) is 6.55. The number of hydrogen-bond donors (Lipinski definition) is 1. The van der Waals surface area contributed by atoms with Gasteiger partial charge in [0, 0.05) is 31.6 Å². The normalized spacial score (nSPS) is 19.7. The molecule has 0 unspecified atom stereocenters. The van der Waals surface area contributed by atoms with E-state index >= 15 is 0 Å². The molecule has 18 heavy (non-hydrogen) atoms. The van der Waals surface area contributed by atoms with E-state index in [2.05, 4.69) is 50.4 Å². The lowest BCUT2D eigenvalue weighted by molar-refractivity contribution is -0.131. The molecular weight excluding hydrogens is 224 g/mol. The van der Waals surface area contributed by atoms with Crippen LogP contribution in [0.1, 0.15) is 31.4 Å². The second-order valence-electron chi connectivity index (χ2n) is 5.80. The molecule has 1 fully saturated rings. The predicted octanol–water partition coefficient (Wildman–Crippen LogP) is 2.10. The van der Waals surface area contributed by atoms with Gasteiger partial charge in [0.05, 0.1) is 0 Å². The fourth-order valence-electron chi connectivity index (χ4n) is 2.35. The van der Waals surface area contributed by atoms with Gasteiger partial charge >= 0.3 is 0 Å². The van der Waals surface area contributed by atoms with Crippen LogP contribution in [-0.4, -0.2) is 29.4 Å². The van der Waals surface area contributed by atoms with Gasteiger partial charge in [0.2, 0.25) is 5.91 Å². The van der Waals surface area contributed by atoms with Crippen LogP contribution >= 0.6 is 0 Å². The first kappa shape index (κ1) is 13.1. The largest absolute Gasteiger partial charge is 0.337 e. The fourth-order valence-corrected chi connectivity index (χ4v) is 2.35. The molecular formula is C15H22N2O. The summed E-state index contributed by atoms with van der Waals surface area (Å²) >= 11 is 0. The molecule has 1 aliphatic rings. The van der Waals surface area contributed by atoms with Crippen molar-refractivity contribution in [2.24, 2.45) is 0 Å². The van der Waals surface area contributed by atoms with Crippen molar-refractivity contribution < 1.29 is 4.79 Å². The Hall–Kier alpha value is -1.35. The van der Waals surface area contributed by atoms with Gasteiger partial charge in [-0.25, -0.2) is 0 Å². The molecule has 0 radical (unpaired) electrons. The molecule has 0 aromatic heterocycles. The Bertz CT molecular complexity index is 423. The van der Waals surface area contributed by atoms with Crippen molar-refractivity contribution in [3.63, 3.8) is 0 Å². The third-order valence-corrected chi connectivity index (χ3v) is 3.38. The van der Waals surface area contributed by atoms with Crippen LogP contribution in [0.2, 0.25) is 0 Å². The number of aryl methyl sites for hydroxylation is 1. The van der Waals surface area contributed by atoms with Crippen molar-refractivity contribution in [3.8, 4) is 0 Å². The molecule has 1 aromatic carbocycles. The van der Waals surface area contributed by atoms with E-state index in [0.717, 1.165) is 13.1 Å². The van der Waals surface area contributed by atoms with Crippen molar-refractivity contribution in [2.45, 2.75) is 39.3 Å². The molecule has 1 aliphatic heterocycles. The lowest BCUT2D eigenvalue weighted by Gasteiger charge is -2.30. The standard InChI is InChI=1S/C15H22N2O/c1-12-4-6-13(7-5-12)10-17-11-15(2,3)16-9-8-14(17)18/h4-7,16H,8-11H2,1-3H3. The lowest BCUT2D eigenvalue weighted by Crippen LogP contribution is -2.46. The Kier molecular flexibility index (Phi) is 3.71. The van der Waals surface area contributed by atoms with Gasteiger partial charge in [0.15, 0.2) is 0 Å². The highest BCUT2D eigenvalue weighted by molar-refractivity contribution is 5.76. The van der Waals surface area contributed by atoms with E-state index in [4.69, 9.17) is 0 Å². The molecule has 0 spiro atoms. The van der Waals surface area contributed by atoms with Crippen LogP contribution in [-0.2, 0) is 11.3 Å². The summed E-state index contributed by atoms with van der Waals surface area (Å²) in [5, 5.41) is 3.41. The van der Waals surface area contributed by atoms with E-state index < -0.39 is 0 Å². The van der Waals surface area contributed by atoms with E-state index in [1.54, 1.807) is 0 Å². The summed E-state index contributed by atoms with van der Waals surface area (Å²) in [6, 6.07) is 8.41. The van der Waals surface area contributed by atoms with Crippen molar-refractivity contribution in [3.05, 3.63) is 35.4 Å². The van der Waals surface area contributed by atoms with Gasteiger partial charge in [-0.15, -0.1) is 0 Å². The number of carbonyl (C=O) groups excluding carboxylic acids is 1. The van der Waals surface area contributed by atoms with Crippen molar-refractivity contribution in [1.29, 1.82) is 0 Å². The molecule has 3 heteroatoms. The molecule has 0 aliphatic carbocycles. The molecule has 1 aromatic rings. The molecule has 1 heterocycles. The molecule has 2 rings (SSSR count). The minimum absolute atomic E-state index is 0.00312. The van der Waals surface area contributed by atoms with Gasteiger partial charge < -0.3 is 10.2 Å². The van der Waals surface area contributed by atoms with Gasteiger partial charge in [-0.05, 0) is 26.3 Å². The van der Waals surface area contributed by atoms with Crippen LogP contribution in [0.3, 0.4) is 0 Å². The van der Waals surface area contributed by atoms with E-state index in [9.17, 15) is 4.79 Å². The second-order valence-corrected chi connectivity index (χ2v) is 5.80. The Balaban J connectivity index is 2.10. The molecule has 0 bridgehead atoms. The fraction of sp³-hybridized carbons (Fsp3) is 0.533. The lowest BCUT2D eigenvalue weighted by atomic mass is 10.1. The van der Waals surface area contributed by atoms with Crippen LogP contribution < -0.4 is 5.32 Å². The zero-order valence-corrected chi connectivity index (χ0v) is 11.5. The monoisotopic (exact) mass is 246 g/mol. The number of amides is 1. The number of hydrogen-bond acceptors (Lipinski definition) is 2. The first-order valence-corrected chi connectivity index (χ1v) is 6.55. The molecule has 1 amide bonds. The molecule has 0 atom stereocenters. The summed E-state index contributed by atoms with van der Waals surface area (Å²) in [6.07, 6.45) is 0.593. The Morgan fingerprint density at radius 2 is 1.94 bits per heavy atom. The van der Waals surface area contributed by atoms with Crippen molar-refractivity contribution >= 4 is 5.91 Å². The van der Waals surface area contributed by atoms with Crippen molar-refractivity contribution in [2.75, 3.05) is 13.1 Å². The molecule has 1 saturated heterocycles. The highest BCUT2D eigenvalue weighted by Crippen LogP contribution is 2.15. The maximum Gasteiger partial charge on any atom is 0.224 e. The highest BCUT2D eigenvalue weighted by Gasteiger charge is 2.27. The highest BCUT2D eigenvalue weighted by atomic mass is 16.2. The zero-order chi connectivity index (χ0) is 13.2. The summed E-state index contributed by atoms with van der Waals surface area (Å²) < 4.78 is 0. The maximum atomic E-state index is 12.1. The van der Waals surface area contributed by atoms with E-state index in [1.807, 2.05) is 4.90 Å². The minimum Gasteiger partial charge on any atom is -0.337 e. The van der Waals surface area contributed by atoms with Crippen LogP contribution in [0.4, 0.5) is 0 Å². The third-order valence-electron chi connectivity index (χ3n) is 3.38. The Morgan fingerprint density at radius 3 is 2.61 bits per heavy atom. The van der Waals surface area contributed by atoms with Crippen LogP contribution in [0.25, 0.3) is 0 Å². The van der Waals surface area contributed by atoms with Gasteiger partial charge in [0.1, 0.15) is 0 Å². The van der Waals surface area contributed by atoms with Gasteiger partial charge in [-0.3, -0.25) is 4.79 Å². The predicted molar refractivity (Wildman–Crippen MR) is 73.3 cm³/mol. The quantitative estimate of drug-likeness (QED) is 0.866. The Morgan fingerprint density at radius 1 is 1.28 bits per heavy atom. The van der Waals surface area contributed by atoms with Crippen LogP contribution in [0, 0.1) is 6.92 Å². The molecule has 98 valence electrons. The smallest absolute Gasteiger partial charge is 0.224 e. The van der Waals surface area contributed by atoms with Crippen molar-refractivity contribution in [1.82, 2.24) is 10.2 Å². The van der Waals surface area contributed by atoms with E-state index in [1.165, 1.54) is 11.1 Å². The number of benzene rings is 1. The maximum absolute atomic E-state index is 12.1. The topological polar surface area (TPSA) is 32.3 Å². The number of rotatable bonds is 2.